The molecule has 5 rings (SSSR count). The summed E-state index contributed by atoms with van der Waals surface area (Å²) in [5.74, 6) is 0. The van der Waals surface area contributed by atoms with Gasteiger partial charge in [-0.05, 0) is 23.9 Å². The number of imidazole rings is 1. The Bertz CT molecular complexity index is 1210. The lowest BCUT2D eigenvalue weighted by Crippen LogP contribution is -2.34. The van der Waals surface area contributed by atoms with Gasteiger partial charge in [-0.3, -0.25) is 4.40 Å². The minimum Gasteiger partial charge on any atom is -0.469 e. The third-order valence-corrected chi connectivity index (χ3v) is 6.52. The van der Waals surface area contributed by atoms with Gasteiger partial charge in [0.25, 0.3) is 0 Å². The molecule has 5 heteroatoms. The van der Waals surface area contributed by atoms with Gasteiger partial charge < -0.3 is 4.74 Å². The van der Waals surface area contributed by atoms with Crippen molar-refractivity contribution in [2.75, 3.05) is 6.26 Å². The van der Waals surface area contributed by atoms with Gasteiger partial charge in [0.05, 0.1) is 11.2 Å². The van der Waals surface area contributed by atoms with Crippen LogP contribution in [-0.2, 0) is 10.2 Å². The molecule has 0 spiro atoms. The quantitative estimate of drug-likeness (QED) is 0.316. The molecule has 0 aliphatic carbocycles. The molecule has 26 heavy (non-hydrogen) atoms. The highest BCUT2D eigenvalue weighted by Gasteiger charge is 2.42. The molecule has 0 bridgehead atoms. The molecule has 0 N–H and O–H groups in total. The van der Waals surface area contributed by atoms with Crippen LogP contribution in [0.3, 0.4) is 0 Å². The Morgan fingerprint density at radius 1 is 1.12 bits per heavy atom. The van der Waals surface area contributed by atoms with Crippen LogP contribution in [0.1, 0.15) is 31.2 Å². The summed E-state index contributed by atoms with van der Waals surface area (Å²) in [5, 5.41) is 3.63. The van der Waals surface area contributed by atoms with Gasteiger partial charge in [0.15, 0.2) is 0 Å². The average molecular weight is 379 g/mol. The van der Waals surface area contributed by atoms with Crippen LogP contribution < -0.4 is 0 Å². The Kier molecular flexibility index (Phi) is 3.37. The number of aromatic nitrogens is 2. The normalized spacial score (nSPS) is 18.0. The first kappa shape index (κ1) is 16.1. The summed E-state index contributed by atoms with van der Waals surface area (Å²) in [7, 11) is 0. The van der Waals surface area contributed by atoms with Crippen LogP contribution in [0.25, 0.3) is 27.3 Å². The number of para-hydroxylation sites is 1. The lowest BCUT2D eigenvalue weighted by Gasteiger charge is -2.38. The second-order valence-corrected chi connectivity index (χ2v) is 8.67. The lowest BCUT2D eigenvalue weighted by molar-refractivity contribution is 0.118. The maximum Gasteiger partial charge on any atom is 0.220 e. The standard InChI is InChI=1S/C21H18N2OS2/c1-21(2)16-11-22-19-14-8-5-4-7-12(14)13-9-6-10-15(17(13)23(16)19)18(21)24-20(25)26-3/h4-11,18H,1-3H3. The van der Waals surface area contributed by atoms with Gasteiger partial charge in [0.2, 0.25) is 4.38 Å². The first-order valence-corrected chi connectivity index (χ1v) is 10.2. The van der Waals surface area contributed by atoms with Gasteiger partial charge in [0.1, 0.15) is 11.8 Å². The monoisotopic (exact) mass is 378 g/mol. The van der Waals surface area contributed by atoms with Crippen molar-refractivity contribution in [1.29, 1.82) is 0 Å². The summed E-state index contributed by atoms with van der Waals surface area (Å²) in [5.41, 5.74) is 4.28. The number of rotatable bonds is 1. The molecule has 1 aliphatic heterocycles. The maximum absolute atomic E-state index is 6.27. The number of thioether (sulfide) groups is 1. The molecule has 1 unspecified atom stereocenters. The van der Waals surface area contributed by atoms with Crippen molar-refractivity contribution in [1.82, 2.24) is 9.38 Å². The Hall–Kier alpha value is -2.11. The SMILES string of the molecule is CSC(=S)OC1c2cccc3c4ccccc4c4ncc(n4c23)C1(C)C. The number of benzene rings is 2. The van der Waals surface area contributed by atoms with Crippen LogP contribution in [0, 0.1) is 0 Å². The van der Waals surface area contributed by atoms with Crippen molar-refractivity contribution < 1.29 is 4.74 Å². The summed E-state index contributed by atoms with van der Waals surface area (Å²) in [6, 6.07) is 14.9. The van der Waals surface area contributed by atoms with Gasteiger partial charge in [0, 0.05) is 27.9 Å². The molecule has 0 saturated carbocycles. The largest absolute Gasteiger partial charge is 0.469 e. The van der Waals surface area contributed by atoms with Crippen molar-refractivity contribution in [3.63, 3.8) is 0 Å². The number of hydrogen-bond donors (Lipinski definition) is 0. The topological polar surface area (TPSA) is 26.5 Å². The van der Waals surface area contributed by atoms with Crippen molar-refractivity contribution in [3.05, 3.63) is 59.9 Å². The van der Waals surface area contributed by atoms with Crippen molar-refractivity contribution in [3.8, 4) is 0 Å². The second-order valence-electron chi connectivity index (χ2n) is 7.27. The fraction of sp³-hybridized carbons (Fsp3) is 0.238. The molecule has 3 heterocycles. The fourth-order valence-corrected chi connectivity index (χ4v) is 4.54. The lowest BCUT2D eigenvalue weighted by atomic mass is 9.77. The van der Waals surface area contributed by atoms with E-state index < -0.39 is 0 Å². The van der Waals surface area contributed by atoms with E-state index in [1.807, 2.05) is 12.5 Å². The minimum atomic E-state index is -0.247. The summed E-state index contributed by atoms with van der Waals surface area (Å²) in [6.45, 7) is 4.42. The Morgan fingerprint density at radius 3 is 2.62 bits per heavy atom. The van der Waals surface area contributed by atoms with Crippen LogP contribution in [0.5, 0.6) is 0 Å². The minimum absolute atomic E-state index is 0.139. The van der Waals surface area contributed by atoms with Gasteiger partial charge in [-0.15, -0.1) is 0 Å². The van der Waals surface area contributed by atoms with E-state index in [2.05, 4.69) is 60.7 Å². The number of thiocarbonyl (C=S) groups is 1. The second kappa shape index (κ2) is 5.44. The summed E-state index contributed by atoms with van der Waals surface area (Å²) in [6.07, 6.45) is 3.81. The maximum atomic E-state index is 6.27. The predicted octanol–water partition coefficient (Wildman–Crippen LogP) is 5.64. The third kappa shape index (κ3) is 1.96. The molecular weight excluding hydrogens is 360 g/mol. The van der Waals surface area contributed by atoms with Crippen LogP contribution >= 0.6 is 24.0 Å². The molecule has 2 aromatic carbocycles. The van der Waals surface area contributed by atoms with E-state index in [1.165, 1.54) is 39.0 Å². The van der Waals surface area contributed by atoms with E-state index in [1.54, 1.807) is 0 Å². The summed E-state index contributed by atoms with van der Waals surface area (Å²) >= 11 is 6.87. The summed E-state index contributed by atoms with van der Waals surface area (Å²) < 4.78 is 9.16. The molecule has 0 radical (unpaired) electrons. The van der Waals surface area contributed by atoms with Gasteiger partial charge in [-0.25, -0.2) is 4.98 Å². The van der Waals surface area contributed by atoms with E-state index in [4.69, 9.17) is 21.9 Å². The van der Waals surface area contributed by atoms with E-state index in [-0.39, 0.29) is 11.5 Å². The number of hydrogen-bond acceptors (Lipinski definition) is 4. The van der Waals surface area contributed by atoms with E-state index in [0.29, 0.717) is 4.38 Å². The van der Waals surface area contributed by atoms with Crippen molar-refractivity contribution in [2.24, 2.45) is 0 Å². The molecule has 1 atom stereocenters. The highest BCUT2D eigenvalue weighted by molar-refractivity contribution is 8.22. The number of fused-ring (bicyclic) bond motifs is 3. The van der Waals surface area contributed by atoms with Gasteiger partial charge in [-0.1, -0.05) is 68.1 Å². The molecule has 0 fully saturated rings. The highest BCUT2D eigenvalue weighted by Crippen LogP contribution is 2.48. The third-order valence-electron chi connectivity index (χ3n) is 5.49. The van der Waals surface area contributed by atoms with Crippen LogP contribution in [-0.4, -0.2) is 20.0 Å². The van der Waals surface area contributed by atoms with E-state index >= 15 is 0 Å². The van der Waals surface area contributed by atoms with Gasteiger partial charge in [-0.2, -0.15) is 0 Å². The molecular formula is C21H18N2OS2. The van der Waals surface area contributed by atoms with Crippen LogP contribution in [0.4, 0.5) is 0 Å². The summed E-state index contributed by atoms with van der Waals surface area (Å²) in [4.78, 5) is 4.80. The molecule has 1 aliphatic rings. The average Bonchev–Trinajstić information content (AvgIpc) is 3.11. The smallest absolute Gasteiger partial charge is 0.220 e. The zero-order valence-corrected chi connectivity index (χ0v) is 16.4. The Morgan fingerprint density at radius 2 is 1.85 bits per heavy atom. The predicted molar refractivity (Wildman–Crippen MR) is 113 cm³/mol. The molecule has 4 aromatic rings. The van der Waals surface area contributed by atoms with Crippen molar-refractivity contribution >= 4 is 55.7 Å². The van der Waals surface area contributed by atoms with Crippen LogP contribution in [0.15, 0.2) is 48.7 Å². The molecule has 3 nitrogen and oxygen atoms in total. The molecule has 0 saturated heterocycles. The molecule has 2 aromatic heterocycles. The van der Waals surface area contributed by atoms with Crippen LogP contribution in [0.2, 0.25) is 0 Å². The number of nitrogens with zero attached hydrogens (tertiary/aromatic N) is 2. The first-order valence-electron chi connectivity index (χ1n) is 8.60. The Labute approximate surface area is 161 Å². The van der Waals surface area contributed by atoms with E-state index in [0.717, 1.165) is 11.3 Å². The van der Waals surface area contributed by atoms with Gasteiger partial charge >= 0.3 is 0 Å². The number of ether oxygens (including phenoxy) is 1. The molecule has 0 amide bonds. The van der Waals surface area contributed by atoms with Crippen molar-refractivity contribution in [2.45, 2.75) is 25.4 Å². The fourth-order valence-electron chi connectivity index (χ4n) is 4.25. The number of pyridine rings is 1. The highest BCUT2D eigenvalue weighted by atomic mass is 32.2. The zero-order valence-electron chi connectivity index (χ0n) is 14.8. The van der Waals surface area contributed by atoms with E-state index in [9.17, 15) is 0 Å². The zero-order chi connectivity index (χ0) is 18.1. The Balaban J connectivity index is 1.99. The first-order chi connectivity index (χ1) is 12.5. The molecule has 130 valence electrons.